The highest BCUT2D eigenvalue weighted by atomic mass is 16.3. The van der Waals surface area contributed by atoms with Crippen molar-refractivity contribution in [3.8, 4) is 67.5 Å². The minimum Gasteiger partial charge on any atom is -0.456 e. The lowest BCUT2D eigenvalue weighted by atomic mass is 9.92. The van der Waals surface area contributed by atoms with E-state index in [0.29, 0.717) is 17.5 Å². The van der Waals surface area contributed by atoms with Gasteiger partial charge in [-0.2, -0.15) is 0 Å². The van der Waals surface area contributed by atoms with E-state index in [2.05, 4.69) is 103 Å². The summed E-state index contributed by atoms with van der Waals surface area (Å²) in [5.41, 5.74) is 12.3. The van der Waals surface area contributed by atoms with Gasteiger partial charge >= 0.3 is 0 Å². The molecule has 0 fully saturated rings. The van der Waals surface area contributed by atoms with Crippen molar-refractivity contribution in [3.05, 3.63) is 188 Å². The molecule has 0 radical (unpaired) electrons. The summed E-state index contributed by atoms with van der Waals surface area (Å²) in [6.45, 7) is 0. The van der Waals surface area contributed by atoms with E-state index >= 15 is 0 Å². The number of furan rings is 2. The van der Waals surface area contributed by atoms with Crippen LogP contribution in [0.5, 0.6) is 0 Å². The number of aromatic nitrogens is 3. The van der Waals surface area contributed by atoms with Gasteiger partial charge in [-0.05, 0) is 58.1 Å². The molecule has 0 saturated heterocycles. The van der Waals surface area contributed by atoms with E-state index in [9.17, 15) is 0 Å². The molecule has 0 N–H and O–H groups in total. The first-order chi connectivity index (χ1) is 27.7. The SMILES string of the molecule is c1ccc(-c2cccc(-c3cc(-c4cccc5c4oc4c(-c6nc(-c7ccccc7)nc(-c7ccccc7)n6)cccc45)c4c(c3)oc3ccccc34)c2)cc1. The minimum absolute atomic E-state index is 0.549. The Balaban J connectivity index is 1.14. The smallest absolute Gasteiger partial charge is 0.167 e. The first-order valence-electron chi connectivity index (χ1n) is 18.7. The van der Waals surface area contributed by atoms with Crippen molar-refractivity contribution in [2.75, 3.05) is 0 Å². The van der Waals surface area contributed by atoms with E-state index in [1.54, 1.807) is 0 Å². The van der Waals surface area contributed by atoms with Gasteiger partial charge in [0.2, 0.25) is 0 Å². The van der Waals surface area contributed by atoms with Crippen LogP contribution in [0.15, 0.2) is 197 Å². The number of para-hydroxylation sites is 3. The van der Waals surface area contributed by atoms with Crippen LogP contribution in [0, 0.1) is 0 Å². The maximum atomic E-state index is 7.04. The topological polar surface area (TPSA) is 65.0 Å². The lowest BCUT2D eigenvalue weighted by Gasteiger charge is -2.11. The maximum absolute atomic E-state index is 7.04. The summed E-state index contributed by atoms with van der Waals surface area (Å²) in [5, 5.41) is 4.11. The van der Waals surface area contributed by atoms with Gasteiger partial charge < -0.3 is 8.83 Å². The molecular weight excluding hydrogens is 687 g/mol. The highest BCUT2D eigenvalue weighted by molar-refractivity contribution is 6.19. The minimum atomic E-state index is 0.549. The summed E-state index contributed by atoms with van der Waals surface area (Å²) in [6.07, 6.45) is 0. The molecule has 5 nitrogen and oxygen atoms in total. The molecule has 11 rings (SSSR count). The van der Waals surface area contributed by atoms with Crippen LogP contribution in [0.3, 0.4) is 0 Å². The standard InChI is InChI=1S/C51H31N3O2/c1-4-15-32(16-5-1)35-21-12-22-36(29-35)37-30-43(46-41-23-10-11-28-44(41)55-45(46)31-37)40-26-13-24-38-39-25-14-27-42(48(39)56-47(38)40)51-53-49(33-17-6-2-7-18-33)52-50(54-51)34-19-8-3-9-20-34/h1-31H. The van der Waals surface area contributed by atoms with E-state index in [1.165, 1.54) is 5.56 Å². The number of fused-ring (bicyclic) bond motifs is 6. The Morgan fingerprint density at radius 3 is 1.46 bits per heavy atom. The van der Waals surface area contributed by atoms with Crippen molar-refractivity contribution in [1.29, 1.82) is 0 Å². The predicted octanol–water partition coefficient (Wildman–Crippen LogP) is 13.7. The predicted molar refractivity (Wildman–Crippen MR) is 227 cm³/mol. The summed E-state index contributed by atoms with van der Waals surface area (Å²) in [5.74, 6) is 1.75. The average Bonchev–Trinajstić information content (AvgIpc) is 3.86. The normalized spacial score (nSPS) is 11.6. The van der Waals surface area contributed by atoms with E-state index in [-0.39, 0.29) is 0 Å². The molecule has 5 heteroatoms. The lowest BCUT2D eigenvalue weighted by Crippen LogP contribution is -2.00. The highest BCUT2D eigenvalue weighted by Crippen LogP contribution is 2.45. The third-order valence-corrected chi connectivity index (χ3v) is 10.5. The van der Waals surface area contributed by atoms with E-state index < -0.39 is 0 Å². The third-order valence-electron chi connectivity index (χ3n) is 10.5. The third kappa shape index (κ3) is 5.37. The molecule has 8 aromatic carbocycles. The monoisotopic (exact) mass is 717 g/mol. The molecule has 0 aliphatic heterocycles. The van der Waals surface area contributed by atoms with Crippen LogP contribution in [0.4, 0.5) is 0 Å². The van der Waals surface area contributed by atoms with Gasteiger partial charge in [0.25, 0.3) is 0 Å². The number of nitrogens with zero attached hydrogens (tertiary/aromatic N) is 3. The van der Waals surface area contributed by atoms with Gasteiger partial charge in [-0.3, -0.25) is 0 Å². The maximum Gasteiger partial charge on any atom is 0.167 e. The summed E-state index contributed by atoms with van der Waals surface area (Å²) < 4.78 is 13.6. The molecule has 3 heterocycles. The van der Waals surface area contributed by atoms with E-state index in [1.807, 2.05) is 84.9 Å². The molecule has 0 aliphatic carbocycles. The van der Waals surface area contributed by atoms with Crippen molar-refractivity contribution in [2.24, 2.45) is 0 Å². The van der Waals surface area contributed by atoms with E-state index in [0.717, 1.165) is 88.4 Å². The lowest BCUT2D eigenvalue weighted by molar-refractivity contribution is 0.669. The Hall–Kier alpha value is -7.63. The summed E-state index contributed by atoms with van der Waals surface area (Å²) in [6, 6.07) is 64.5. The van der Waals surface area contributed by atoms with Crippen molar-refractivity contribution in [1.82, 2.24) is 15.0 Å². The molecule has 262 valence electrons. The van der Waals surface area contributed by atoms with Crippen LogP contribution in [0.25, 0.3) is 111 Å². The van der Waals surface area contributed by atoms with Crippen LogP contribution in [0.2, 0.25) is 0 Å². The molecule has 0 unspecified atom stereocenters. The number of hydrogen-bond donors (Lipinski definition) is 0. The second kappa shape index (κ2) is 13.0. The van der Waals surface area contributed by atoms with Gasteiger partial charge in [0.05, 0.1) is 5.56 Å². The molecule has 0 saturated carbocycles. The molecule has 3 aromatic heterocycles. The number of benzene rings is 8. The quantitative estimate of drug-likeness (QED) is 0.171. The Labute approximate surface area is 322 Å². The van der Waals surface area contributed by atoms with Gasteiger partial charge in [0.1, 0.15) is 22.3 Å². The van der Waals surface area contributed by atoms with E-state index in [4.69, 9.17) is 23.8 Å². The second-order valence-electron chi connectivity index (χ2n) is 13.9. The fourth-order valence-electron chi connectivity index (χ4n) is 7.88. The van der Waals surface area contributed by atoms with Crippen molar-refractivity contribution in [3.63, 3.8) is 0 Å². The van der Waals surface area contributed by atoms with Crippen LogP contribution >= 0.6 is 0 Å². The number of hydrogen-bond acceptors (Lipinski definition) is 5. The van der Waals surface area contributed by atoms with Gasteiger partial charge in [-0.15, -0.1) is 0 Å². The first-order valence-corrected chi connectivity index (χ1v) is 18.7. The molecular formula is C51H31N3O2. The van der Waals surface area contributed by atoms with Crippen LogP contribution in [-0.2, 0) is 0 Å². The van der Waals surface area contributed by atoms with Gasteiger partial charge in [0, 0.05) is 38.2 Å². The Morgan fingerprint density at radius 2 is 0.786 bits per heavy atom. The van der Waals surface area contributed by atoms with Crippen LogP contribution in [-0.4, -0.2) is 15.0 Å². The zero-order valence-electron chi connectivity index (χ0n) is 30.1. The largest absolute Gasteiger partial charge is 0.456 e. The summed E-state index contributed by atoms with van der Waals surface area (Å²) >= 11 is 0. The fraction of sp³-hybridized carbons (Fsp3) is 0. The van der Waals surface area contributed by atoms with Crippen LogP contribution in [0.1, 0.15) is 0 Å². The zero-order chi connectivity index (χ0) is 37.0. The Morgan fingerprint density at radius 1 is 0.286 bits per heavy atom. The molecule has 0 atom stereocenters. The fourth-order valence-corrected chi connectivity index (χ4v) is 7.88. The summed E-state index contributed by atoms with van der Waals surface area (Å²) in [4.78, 5) is 15.0. The number of rotatable bonds is 6. The van der Waals surface area contributed by atoms with Crippen molar-refractivity contribution >= 4 is 43.9 Å². The molecule has 0 aliphatic rings. The molecule has 0 amide bonds. The van der Waals surface area contributed by atoms with Gasteiger partial charge in [0.15, 0.2) is 17.5 Å². The van der Waals surface area contributed by atoms with Crippen molar-refractivity contribution < 1.29 is 8.83 Å². The first kappa shape index (κ1) is 31.9. The highest BCUT2D eigenvalue weighted by Gasteiger charge is 2.22. The molecule has 11 aromatic rings. The average molecular weight is 718 g/mol. The summed E-state index contributed by atoms with van der Waals surface area (Å²) in [7, 11) is 0. The van der Waals surface area contributed by atoms with Gasteiger partial charge in [-0.25, -0.2) is 15.0 Å². The van der Waals surface area contributed by atoms with Gasteiger partial charge in [-0.1, -0.05) is 158 Å². The molecule has 0 spiro atoms. The second-order valence-corrected chi connectivity index (χ2v) is 13.9. The molecule has 56 heavy (non-hydrogen) atoms. The Kier molecular flexibility index (Phi) is 7.42. The van der Waals surface area contributed by atoms with Crippen molar-refractivity contribution in [2.45, 2.75) is 0 Å². The molecule has 0 bridgehead atoms. The Bertz CT molecular complexity index is 3180. The zero-order valence-corrected chi connectivity index (χ0v) is 30.1. The van der Waals surface area contributed by atoms with Crippen LogP contribution < -0.4 is 0 Å².